The quantitative estimate of drug-likeness (QED) is 0.475. The molecule has 0 radical (unpaired) electrons. The number of benzene rings is 3. The van der Waals surface area contributed by atoms with E-state index in [2.05, 4.69) is 5.32 Å². The Bertz CT molecular complexity index is 1060. The van der Waals surface area contributed by atoms with E-state index in [1.165, 1.54) is 6.07 Å². The molecule has 0 bridgehead atoms. The van der Waals surface area contributed by atoms with Gasteiger partial charge in [0.05, 0.1) is 11.6 Å². The molecule has 0 atom stereocenters. The SMILES string of the molecule is CCOc1cc(CNCc2ccc3c(c2)OCO3)cc(Cl)c1OCc1ccccc1F. The van der Waals surface area contributed by atoms with Crippen LogP contribution in [0.15, 0.2) is 54.6 Å². The minimum atomic E-state index is -0.319. The van der Waals surface area contributed by atoms with Gasteiger partial charge in [-0.1, -0.05) is 35.9 Å². The second-order valence-electron chi connectivity index (χ2n) is 7.01. The number of halogens is 2. The molecule has 3 aromatic carbocycles. The number of fused-ring (bicyclic) bond motifs is 1. The molecule has 1 aliphatic rings. The lowest BCUT2D eigenvalue weighted by Crippen LogP contribution is -2.13. The van der Waals surface area contributed by atoms with Crippen LogP contribution in [-0.4, -0.2) is 13.4 Å². The Morgan fingerprint density at radius 2 is 1.77 bits per heavy atom. The fourth-order valence-corrected chi connectivity index (χ4v) is 3.58. The predicted molar refractivity (Wildman–Crippen MR) is 116 cm³/mol. The summed E-state index contributed by atoms with van der Waals surface area (Å²) in [6.07, 6.45) is 0. The van der Waals surface area contributed by atoms with Gasteiger partial charge in [-0.05, 0) is 48.4 Å². The number of ether oxygens (including phenoxy) is 4. The first-order valence-corrected chi connectivity index (χ1v) is 10.4. The Balaban J connectivity index is 1.42. The molecule has 0 unspecified atom stereocenters. The van der Waals surface area contributed by atoms with Gasteiger partial charge in [0.25, 0.3) is 0 Å². The van der Waals surface area contributed by atoms with Gasteiger partial charge in [0.1, 0.15) is 12.4 Å². The highest BCUT2D eigenvalue weighted by atomic mass is 35.5. The third kappa shape index (κ3) is 5.21. The molecule has 1 aliphatic heterocycles. The normalized spacial score (nSPS) is 12.1. The molecule has 1 N–H and O–H groups in total. The van der Waals surface area contributed by atoms with Crippen LogP contribution in [0.3, 0.4) is 0 Å². The molecule has 162 valence electrons. The standard InChI is InChI=1S/C24H23ClFNO4/c1-2-28-23-11-17(13-27-12-16-7-8-21-22(10-16)31-15-30-21)9-19(25)24(23)29-14-18-5-3-4-6-20(18)26/h3-11,27H,2,12-15H2,1H3. The second-order valence-corrected chi connectivity index (χ2v) is 7.42. The van der Waals surface area contributed by atoms with Gasteiger partial charge in [-0.3, -0.25) is 0 Å². The molecule has 4 rings (SSSR count). The number of nitrogens with one attached hydrogen (secondary N) is 1. The van der Waals surface area contributed by atoms with Crippen molar-refractivity contribution in [2.45, 2.75) is 26.6 Å². The van der Waals surface area contributed by atoms with Crippen LogP contribution in [0.5, 0.6) is 23.0 Å². The lowest BCUT2D eigenvalue weighted by atomic mass is 10.1. The summed E-state index contributed by atoms with van der Waals surface area (Å²) in [4.78, 5) is 0. The van der Waals surface area contributed by atoms with Gasteiger partial charge >= 0.3 is 0 Å². The Morgan fingerprint density at radius 1 is 0.968 bits per heavy atom. The van der Waals surface area contributed by atoms with Crippen molar-refractivity contribution in [2.24, 2.45) is 0 Å². The van der Waals surface area contributed by atoms with Gasteiger partial charge in [-0.25, -0.2) is 4.39 Å². The lowest BCUT2D eigenvalue weighted by molar-refractivity contribution is 0.174. The van der Waals surface area contributed by atoms with E-state index < -0.39 is 0 Å². The van der Waals surface area contributed by atoms with E-state index in [4.69, 9.17) is 30.5 Å². The largest absolute Gasteiger partial charge is 0.490 e. The number of hydrogen-bond acceptors (Lipinski definition) is 5. The summed E-state index contributed by atoms with van der Waals surface area (Å²) in [6, 6.07) is 16.1. The van der Waals surface area contributed by atoms with Crippen LogP contribution in [-0.2, 0) is 19.7 Å². The van der Waals surface area contributed by atoms with Crippen LogP contribution in [0, 0.1) is 5.82 Å². The van der Waals surface area contributed by atoms with E-state index >= 15 is 0 Å². The minimum absolute atomic E-state index is 0.0637. The van der Waals surface area contributed by atoms with Crippen LogP contribution in [0.25, 0.3) is 0 Å². The molecular formula is C24H23ClFNO4. The van der Waals surface area contributed by atoms with Crippen molar-refractivity contribution < 1.29 is 23.3 Å². The minimum Gasteiger partial charge on any atom is -0.490 e. The van der Waals surface area contributed by atoms with E-state index in [0.717, 1.165) is 22.6 Å². The van der Waals surface area contributed by atoms with Crippen LogP contribution in [0.2, 0.25) is 5.02 Å². The maximum absolute atomic E-state index is 13.9. The number of hydrogen-bond donors (Lipinski definition) is 1. The van der Waals surface area contributed by atoms with Crippen molar-refractivity contribution in [3.8, 4) is 23.0 Å². The van der Waals surface area contributed by atoms with E-state index in [0.29, 0.717) is 41.8 Å². The molecular weight excluding hydrogens is 421 g/mol. The lowest BCUT2D eigenvalue weighted by Gasteiger charge is -2.16. The zero-order valence-corrected chi connectivity index (χ0v) is 17.9. The van der Waals surface area contributed by atoms with E-state index in [1.807, 2.05) is 37.3 Å². The predicted octanol–water partition coefficient (Wildman–Crippen LogP) is 5.48. The van der Waals surface area contributed by atoms with Crippen molar-refractivity contribution in [1.29, 1.82) is 0 Å². The summed E-state index contributed by atoms with van der Waals surface area (Å²) in [6.45, 7) is 3.91. The van der Waals surface area contributed by atoms with Gasteiger partial charge in [0.2, 0.25) is 6.79 Å². The maximum Gasteiger partial charge on any atom is 0.231 e. The first-order chi connectivity index (χ1) is 15.1. The smallest absolute Gasteiger partial charge is 0.231 e. The zero-order valence-electron chi connectivity index (χ0n) is 17.1. The average Bonchev–Trinajstić information content (AvgIpc) is 3.22. The van der Waals surface area contributed by atoms with Crippen molar-refractivity contribution in [1.82, 2.24) is 5.32 Å². The third-order valence-corrected chi connectivity index (χ3v) is 5.07. The topological polar surface area (TPSA) is 49.0 Å². The van der Waals surface area contributed by atoms with Gasteiger partial charge in [-0.2, -0.15) is 0 Å². The second kappa shape index (κ2) is 9.90. The van der Waals surface area contributed by atoms with Crippen molar-refractivity contribution in [3.05, 3.63) is 82.1 Å². The molecule has 0 aromatic heterocycles. The Labute approximate surface area is 185 Å². The summed E-state index contributed by atoms with van der Waals surface area (Å²) >= 11 is 6.48. The zero-order chi connectivity index (χ0) is 21.6. The summed E-state index contributed by atoms with van der Waals surface area (Å²) in [5.74, 6) is 2.15. The molecule has 0 aliphatic carbocycles. The van der Waals surface area contributed by atoms with Crippen LogP contribution < -0.4 is 24.3 Å². The Morgan fingerprint density at radius 3 is 2.61 bits per heavy atom. The molecule has 0 fully saturated rings. The Hall–Kier alpha value is -2.96. The molecule has 0 amide bonds. The molecule has 0 spiro atoms. The first kappa shape index (κ1) is 21.3. The molecule has 0 saturated carbocycles. The van der Waals surface area contributed by atoms with Gasteiger partial charge in [0.15, 0.2) is 23.0 Å². The van der Waals surface area contributed by atoms with Gasteiger partial charge in [0, 0.05) is 18.7 Å². The highest BCUT2D eigenvalue weighted by Gasteiger charge is 2.15. The number of rotatable bonds is 9. The van der Waals surface area contributed by atoms with Gasteiger partial charge in [-0.15, -0.1) is 0 Å². The molecule has 31 heavy (non-hydrogen) atoms. The van der Waals surface area contributed by atoms with Crippen LogP contribution >= 0.6 is 11.6 Å². The van der Waals surface area contributed by atoms with Crippen molar-refractivity contribution >= 4 is 11.6 Å². The fourth-order valence-electron chi connectivity index (χ4n) is 3.29. The highest BCUT2D eigenvalue weighted by molar-refractivity contribution is 6.32. The third-order valence-electron chi connectivity index (χ3n) is 4.79. The monoisotopic (exact) mass is 443 g/mol. The first-order valence-electron chi connectivity index (χ1n) is 10.0. The van der Waals surface area contributed by atoms with E-state index in [-0.39, 0.29) is 19.2 Å². The van der Waals surface area contributed by atoms with Crippen molar-refractivity contribution in [2.75, 3.05) is 13.4 Å². The Kier molecular flexibility index (Phi) is 6.79. The maximum atomic E-state index is 13.9. The average molecular weight is 444 g/mol. The highest BCUT2D eigenvalue weighted by Crippen LogP contribution is 2.37. The molecule has 0 saturated heterocycles. The van der Waals surface area contributed by atoms with Crippen LogP contribution in [0.1, 0.15) is 23.6 Å². The molecule has 1 heterocycles. The van der Waals surface area contributed by atoms with Crippen molar-refractivity contribution in [3.63, 3.8) is 0 Å². The summed E-state index contributed by atoms with van der Waals surface area (Å²) in [7, 11) is 0. The molecule has 7 heteroatoms. The summed E-state index contributed by atoms with van der Waals surface area (Å²) < 4.78 is 36.2. The fraction of sp³-hybridized carbons (Fsp3) is 0.250. The summed E-state index contributed by atoms with van der Waals surface area (Å²) in [5.41, 5.74) is 2.49. The summed E-state index contributed by atoms with van der Waals surface area (Å²) in [5, 5.41) is 3.81. The van der Waals surface area contributed by atoms with Crippen LogP contribution in [0.4, 0.5) is 4.39 Å². The molecule has 5 nitrogen and oxygen atoms in total. The molecule has 3 aromatic rings. The van der Waals surface area contributed by atoms with E-state index in [1.54, 1.807) is 18.2 Å². The van der Waals surface area contributed by atoms with Gasteiger partial charge < -0.3 is 24.3 Å². The van der Waals surface area contributed by atoms with E-state index in [9.17, 15) is 4.39 Å².